The summed E-state index contributed by atoms with van der Waals surface area (Å²) in [6.07, 6.45) is 3.51. The molecule has 0 radical (unpaired) electrons. The van der Waals surface area contributed by atoms with E-state index < -0.39 is 0 Å². The zero-order chi connectivity index (χ0) is 15.1. The molecule has 3 nitrogen and oxygen atoms in total. The summed E-state index contributed by atoms with van der Waals surface area (Å²) >= 11 is 2.00. The van der Waals surface area contributed by atoms with E-state index in [1.165, 1.54) is 24.2 Å². The topological polar surface area (TPSA) is 29.5 Å². The lowest BCUT2D eigenvalue weighted by atomic mass is 10.2. The van der Waals surface area contributed by atoms with Crippen LogP contribution in [-0.4, -0.2) is 41.5 Å². The molecule has 0 bridgehead atoms. The van der Waals surface area contributed by atoms with Crippen LogP contribution in [0.5, 0.6) is 5.75 Å². The third-order valence-electron chi connectivity index (χ3n) is 3.68. The number of thioether (sulfide) groups is 1. The van der Waals surface area contributed by atoms with Crippen molar-refractivity contribution >= 4 is 17.7 Å². The molecule has 1 aromatic rings. The molecule has 1 heterocycles. The van der Waals surface area contributed by atoms with Crippen LogP contribution < -0.4 is 4.74 Å². The predicted octanol–water partition coefficient (Wildman–Crippen LogP) is 3.51. The molecule has 0 saturated carbocycles. The molecule has 0 aromatic heterocycles. The van der Waals surface area contributed by atoms with E-state index >= 15 is 0 Å². The molecule has 116 valence electrons. The summed E-state index contributed by atoms with van der Waals surface area (Å²) in [6.45, 7) is 5.99. The fourth-order valence-corrected chi connectivity index (χ4v) is 3.78. The van der Waals surface area contributed by atoms with Gasteiger partial charge in [-0.1, -0.05) is 24.6 Å². The van der Waals surface area contributed by atoms with Crippen LogP contribution in [0.3, 0.4) is 0 Å². The number of hydrogen-bond acceptors (Lipinski definition) is 3. The molecule has 4 heteroatoms. The Hall–Kier alpha value is -1.16. The third kappa shape index (κ3) is 5.27. The average Bonchev–Trinajstić information content (AvgIpc) is 2.99. The predicted molar refractivity (Wildman–Crippen MR) is 89.0 cm³/mol. The number of hydrogen-bond donors (Lipinski definition) is 0. The summed E-state index contributed by atoms with van der Waals surface area (Å²) < 4.78 is 5.62. The Bertz CT molecular complexity index is 441. The van der Waals surface area contributed by atoms with Crippen LogP contribution in [0.15, 0.2) is 24.3 Å². The molecular formula is C17H25NO2S. The standard InChI is InChI=1S/C17H25NO2S/c1-3-10-18(12-16-5-4-11-21-16)17(19)13-20-15-8-6-14(2)7-9-15/h6-9,16H,3-5,10-13H2,1-2H3. The van der Waals surface area contributed by atoms with E-state index in [0.717, 1.165) is 25.3 Å². The monoisotopic (exact) mass is 307 g/mol. The Labute approximate surface area is 132 Å². The number of amides is 1. The second-order valence-electron chi connectivity index (χ2n) is 5.58. The van der Waals surface area contributed by atoms with E-state index in [4.69, 9.17) is 4.74 Å². The van der Waals surface area contributed by atoms with Crippen LogP contribution >= 0.6 is 11.8 Å². The van der Waals surface area contributed by atoms with Gasteiger partial charge in [-0.3, -0.25) is 4.79 Å². The molecule has 1 saturated heterocycles. The van der Waals surface area contributed by atoms with Gasteiger partial charge in [-0.15, -0.1) is 0 Å². The van der Waals surface area contributed by atoms with E-state index in [9.17, 15) is 4.79 Å². The maximum atomic E-state index is 12.4. The Morgan fingerprint density at radius 1 is 1.38 bits per heavy atom. The van der Waals surface area contributed by atoms with E-state index in [-0.39, 0.29) is 12.5 Å². The van der Waals surface area contributed by atoms with Gasteiger partial charge in [0.05, 0.1) is 0 Å². The Morgan fingerprint density at radius 2 is 2.14 bits per heavy atom. The fourth-order valence-electron chi connectivity index (χ4n) is 2.49. The maximum absolute atomic E-state index is 12.4. The van der Waals surface area contributed by atoms with Gasteiger partial charge >= 0.3 is 0 Å². The third-order valence-corrected chi connectivity index (χ3v) is 5.06. The highest BCUT2D eigenvalue weighted by molar-refractivity contribution is 8.00. The molecule has 1 aliphatic rings. The molecule has 1 aromatic carbocycles. The summed E-state index contributed by atoms with van der Waals surface area (Å²) in [5, 5.41) is 0.611. The number of carbonyl (C=O) groups is 1. The average molecular weight is 307 g/mol. The zero-order valence-electron chi connectivity index (χ0n) is 13.0. The summed E-state index contributed by atoms with van der Waals surface area (Å²) in [7, 11) is 0. The van der Waals surface area contributed by atoms with Gasteiger partial charge in [0.1, 0.15) is 5.75 Å². The van der Waals surface area contributed by atoms with Crippen LogP contribution in [0.4, 0.5) is 0 Å². The lowest BCUT2D eigenvalue weighted by Gasteiger charge is -2.25. The van der Waals surface area contributed by atoms with Crippen LogP contribution in [0.25, 0.3) is 0 Å². The van der Waals surface area contributed by atoms with Crippen LogP contribution in [0, 0.1) is 6.92 Å². The normalized spacial score (nSPS) is 17.7. The largest absolute Gasteiger partial charge is 0.484 e. The molecular weight excluding hydrogens is 282 g/mol. The Morgan fingerprint density at radius 3 is 2.76 bits per heavy atom. The van der Waals surface area contributed by atoms with E-state index in [0.29, 0.717) is 5.25 Å². The highest BCUT2D eigenvalue weighted by Crippen LogP contribution is 2.26. The molecule has 1 aliphatic heterocycles. The van der Waals surface area contributed by atoms with E-state index in [1.54, 1.807) is 0 Å². The van der Waals surface area contributed by atoms with Gasteiger partial charge in [0.2, 0.25) is 0 Å². The minimum absolute atomic E-state index is 0.102. The second kappa shape index (κ2) is 8.32. The molecule has 0 N–H and O–H groups in total. The van der Waals surface area contributed by atoms with Gasteiger partial charge in [0.25, 0.3) is 5.91 Å². The Balaban J connectivity index is 1.83. The van der Waals surface area contributed by atoms with Crippen LogP contribution in [0.1, 0.15) is 31.7 Å². The molecule has 0 spiro atoms. The highest BCUT2D eigenvalue weighted by Gasteiger charge is 2.22. The quantitative estimate of drug-likeness (QED) is 0.772. The summed E-state index contributed by atoms with van der Waals surface area (Å²) in [5.74, 6) is 2.10. The zero-order valence-corrected chi connectivity index (χ0v) is 13.8. The van der Waals surface area contributed by atoms with Crippen molar-refractivity contribution in [2.75, 3.05) is 25.4 Å². The molecule has 1 fully saturated rings. The van der Waals surface area contributed by atoms with Gasteiger partial charge in [-0.05, 0) is 44.1 Å². The van der Waals surface area contributed by atoms with Crippen molar-refractivity contribution < 1.29 is 9.53 Å². The molecule has 0 aliphatic carbocycles. The number of aryl methyl sites for hydroxylation is 1. The SMILES string of the molecule is CCCN(CC1CCCS1)C(=O)COc1ccc(C)cc1. The number of rotatable bonds is 7. The van der Waals surface area contributed by atoms with Crippen molar-refractivity contribution in [1.29, 1.82) is 0 Å². The summed E-state index contributed by atoms with van der Waals surface area (Å²) in [5.41, 5.74) is 1.19. The number of benzene rings is 1. The van der Waals surface area contributed by atoms with E-state index in [1.807, 2.05) is 47.9 Å². The lowest BCUT2D eigenvalue weighted by molar-refractivity contribution is -0.133. The van der Waals surface area contributed by atoms with Crippen molar-refractivity contribution in [1.82, 2.24) is 4.90 Å². The molecule has 1 atom stereocenters. The molecule has 1 unspecified atom stereocenters. The van der Waals surface area contributed by atoms with Crippen molar-refractivity contribution in [2.24, 2.45) is 0 Å². The first-order valence-corrected chi connectivity index (χ1v) is 8.82. The first kappa shape index (κ1) is 16.2. The van der Waals surface area contributed by atoms with Gasteiger partial charge in [0.15, 0.2) is 6.61 Å². The smallest absolute Gasteiger partial charge is 0.260 e. The number of ether oxygens (including phenoxy) is 1. The summed E-state index contributed by atoms with van der Waals surface area (Å²) in [4.78, 5) is 14.3. The van der Waals surface area contributed by atoms with Gasteiger partial charge in [0, 0.05) is 18.3 Å². The van der Waals surface area contributed by atoms with Crippen molar-refractivity contribution in [3.63, 3.8) is 0 Å². The second-order valence-corrected chi connectivity index (χ2v) is 6.98. The van der Waals surface area contributed by atoms with Gasteiger partial charge in [-0.2, -0.15) is 11.8 Å². The van der Waals surface area contributed by atoms with Gasteiger partial charge < -0.3 is 9.64 Å². The molecule has 21 heavy (non-hydrogen) atoms. The Kier molecular flexibility index (Phi) is 6.43. The number of carbonyl (C=O) groups excluding carboxylic acids is 1. The first-order valence-electron chi connectivity index (χ1n) is 7.78. The van der Waals surface area contributed by atoms with Crippen LogP contribution in [-0.2, 0) is 4.79 Å². The van der Waals surface area contributed by atoms with Crippen molar-refractivity contribution in [2.45, 2.75) is 38.4 Å². The summed E-state index contributed by atoms with van der Waals surface area (Å²) in [6, 6.07) is 7.83. The highest BCUT2D eigenvalue weighted by atomic mass is 32.2. The lowest BCUT2D eigenvalue weighted by Crippen LogP contribution is -2.39. The van der Waals surface area contributed by atoms with E-state index in [2.05, 4.69) is 6.92 Å². The minimum Gasteiger partial charge on any atom is -0.484 e. The molecule has 1 amide bonds. The van der Waals surface area contributed by atoms with Crippen LogP contribution in [0.2, 0.25) is 0 Å². The van der Waals surface area contributed by atoms with Crippen molar-refractivity contribution in [3.8, 4) is 5.75 Å². The number of nitrogens with zero attached hydrogens (tertiary/aromatic N) is 1. The first-order chi connectivity index (χ1) is 10.2. The van der Waals surface area contributed by atoms with Crippen molar-refractivity contribution in [3.05, 3.63) is 29.8 Å². The molecule has 2 rings (SSSR count). The minimum atomic E-state index is 0.102. The maximum Gasteiger partial charge on any atom is 0.260 e. The fraction of sp³-hybridized carbons (Fsp3) is 0.588. The van der Waals surface area contributed by atoms with Gasteiger partial charge in [-0.25, -0.2) is 0 Å².